The second-order valence-corrected chi connectivity index (χ2v) is 19.8. The van der Waals surface area contributed by atoms with Crippen LogP contribution in [0.15, 0.2) is 139 Å². The Bertz CT molecular complexity index is 1780. The zero-order valence-electron chi connectivity index (χ0n) is 29.4. The molecule has 0 saturated heterocycles. The highest BCUT2D eigenvalue weighted by atomic mass is 31.2. The smallest absolute Gasteiger partial charge is 0.207 e. The second-order valence-electron chi connectivity index (χ2n) is 14.4. The maximum Gasteiger partial charge on any atom is 0.207 e. The molecule has 4 nitrogen and oxygen atoms in total. The SMILES string of the molecule is O=P(C1=CCCC=C1)(c1ccccc1)N(Cc1ccc(CN(C2CCCCC2)P(=O)(c2ccccc2)c2ccccc2)cc1)C1CCCCC1. The molecule has 7 rings (SSSR count). The molecule has 2 fully saturated rings. The van der Waals surface area contributed by atoms with Gasteiger partial charge >= 0.3 is 0 Å². The Morgan fingerprint density at radius 3 is 1.28 bits per heavy atom. The molecular weight excluding hydrogens is 650 g/mol. The zero-order chi connectivity index (χ0) is 34.2. The van der Waals surface area contributed by atoms with Crippen molar-refractivity contribution in [2.75, 3.05) is 0 Å². The molecule has 0 aliphatic heterocycles. The van der Waals surface area contributed by atoms with Crippen molar-refractivity contribution in [3.8, 4) is 0 Å². The molecule has 4 aromatic carbocycles. The van der Waals surface area contributed by atoms with Crippen LogP contribution in [-0.4, -0.2) is 21.4 Å². The molecule has 0 spiro atoms. The van der Waals surface area contributed by atoms with Crippen LogP contribution in [0.4, 0.5) is 0 Å². The molecule has 0 N–H and O–H groups in total. The first-order valence-corrected chi connectivity index (χ1v) is 22.2. The first-order chi connectivity index (χ1) is 24.6. The summed E-state index contributed by atoms with van der Waals surface area (Å²) in [5.41, 5.74) is 2.34. The van der Waals surface area contributed by atoms with E-state index in [-0.39, 0.29) is 12.1 Å². The standard InChI is InChI=1S/C44H52N2O2P2/c47-49(41-23-11-3-12-24-41,42-25-13-4-14-26-42)45(39-19-7-1-8-20-39)35-37-31-33-38(34-32-37)36-46(40-21-9-2-10-22-40)50(48,43-27-15-5-16-28-43)44-29-17-6-18-30-44/h3-5,11-17,23-34,39-40H,1-2,6-10,18-22,35-36H2. The summed E-state index contributed by atoms with van der Waals surface area (Å²) in [6.07, 6.45) is 20.0. The van der Waals surface area contributed by atoms with Gasteiger partial charge in [-0.2, -0.15) is 0 Å². The third-order valence-electron chi connectivity index (χ3n) is 11.1. The largest absolute Gasteiger partial charge is 0.296 e. The van der Waals surface area contributed by atoms with Gasteiger partial charge < -0.3 is 0 Å². The highest BCUT2D eigenvalue weighted by molar-refractivity contribution is 7.76. The number of benzene rings is 4. The highest BCUT2D eigenvalue weighted by Crippen LogP contribution is 2.60. The average molecular weight is 703 g/mol. The Balaban J connectivity index is 1.23. The quantitative estimate of drug-likeness (QED) is 0.138. The molecule has 3 aliphatic rings. The van der Waals surface area contributed by atoms with Crippen LogP contribution >= 0.6 is 14.6 Å². The van der Waals surface area contributed by atoms with Crippen molar-refractivity contribution >= 4 is 30.5 Å². The number of hydrogen-bond acceptors (Lipinski definition) is 2. The average Bonchev–Trinajstić information content (AvgIpc) is 3.21. The molecule has 0 bridgehead atoms. The van der Waals surface area contributed by atoms with Crippen LogP contribution in [0.25, 0.3) is 0 Å². The van der Waals surface area contributed by atoms with Crippen LogP contribution in [0.5, 0.6) is 0 Å². The Labute approximate surface area is 300 Å². The lowest BCUT2D eigenvalue weighted by Gasteiger charge is -2.41. The van der Waals surface area contributed by atoms with E-state index in [0.717, 1.165) is 59.8 Å². The van der Waals surface area contributed by atoms with E-state index in [1.165, 1.54) is 49.7 Å². The van der Waals surface area contributed by atoms with Crippen molar-refractivity contribution in [2.45, 2.75) is 102 Å². The summed E-state index contributed by atoms with van der Waals surface area (Å²) in [5.74, 6) is 0. The molecule has 260 valence electrons. The fourth-order valence-electron chi connectivity index (χ4n) is 8.41. The summed E-state index contributed by atoms with van der Waals surface area (Å²) in [6.45, 7) is 1.26. The van der Waals surface area contributed by atoms with Gasteiger partial charge in [-0.25, -0.2) is 9.34 Å². The van der Waals surface area contributed by atoms with E-state index in [0.29, 0.717) is 13.1 Å². The van der Waals surface area contributed by atoms with Gasteiger partial charge in [0.15, 0.2) is 0 Å². The summed E-state index contributed by atoms with van der Waals surface area (Å²) in [7, 11) is -6.19. The van der Waals surface area contributed by atoms with Gasteiger partial charge in [0.25, 0.3) is 0 Å². The summed E-state index contributed by atoms with van der Waals surface area (Å²) in [6, 6.07) is 40.0. The third-order valence-corrected chi connectivity index (χ3v) is 17.5. The van der Waals surface area contributed by atoms with Crippen LogP contribution in [0.1, 0.15) is 88.2 Å². The van der Waals surface area contributed by atoms with E-state index >= 15 is 9.13 Å². The monoisotopic (exact) mass is 702 g/mol. The van der Waals surface area contributed by atoms with E-state index in [1.807, 2.05) is 54.6 Å². The van der Waals surface area contributed by atoms with E-state index in [1.54, 1.807) is 0 Å². The van der Waals surface area contributed by atoms with Gasteiger partial charge in [-0.15, -0.1) is 0 Å². The van der Waals surface area contributed by atoms with Crippen molar-refractivity contribution in [1.29, 1.82) is 0 Å². The van der Waals surface area contributed by atoms with Crippen LogP contribution in [-0.2, 0) is 22.2 Å². The minimum absolute atomic E-state index is 0.255. The van der Waals surface area contributed by atoms with E-state index in [2.05, 4.69) is 88.2 Å². The molecule has 3 aliphatic carbocycles. The number of hydrogen-bond donors (Lipinski definition) is 0. The third kappa shape index (κ3) is 7.51. The first kappa shape index (κ1) is 35.2. The highest BCUT2D eigenvalue weighted by Gasteiger charge is 2.41. The lowest BCUT2D eigenvalue weighted by Crippen LogP contribution is -2.40. The van der Waals surface area contributed by atoms with Crippen LogP contribution < -0.4 is 15.9 Å². The minimum atomic E-state index is -3.12. The lowest BCUT2D eigenvalue weighted by atomic mass is 9.95. The normalized spacial score (nSPS) is 19.0. The van der Waals surface area contributed by atoms with Crippen molar-refractivity contribution in [2.24, 2.45) is 0 Å². The maximum atomic E-state index is 15.7. The Morgan fingerprint density at radius 1 is 0.480 bits per heavy atom. The molecule has 1 unspecified atom stereocenters. The summed E-state index contributed by atoms with van der Waals surface area (Å²) < 4.78 is 36.2. The van der Waals surface area contributed by atoms with Gasteiger partial charge in [0.1, 0.15) is 0 Å². The Kier molecular flexibility index (Phi) is 11.5. The van der Waals surface area contributed by atoms with E-state index in [4.69, 9.17) is 0 Å². The number of nitrogens with zero attached hydrogens (tertiary/aromatic N) is 2. The van der Waals surface area contributed by atoms with Crippen LogP contribution in [0, 0.1) is 0 Å². The van der Waals surface area contributed by atoms with Crippen molar-refractivity contribution < 1.29 is 9.13 Å². The van der Waals surface area contributed by atoms with Crippen molar-refractivity contribution in [3.05, 3.63) is 150 Å². The number of rotatable bonds is 12. The van der Waals surface area contributed by atoms with E-state index in [9.17, 15) is 0 Å². The fraction of sp³-hybridized carbons (Fsp3) is 0.364. The summed E-state index contributed by atoms with van der Waals surface area (Å²) >= 11 is 0. The van der Waals surface area contributed by atoms with Gasteiger partial charge in [0.05, 0.1) is 0 Å². The Hall–Kier alpha value is -3.26. The molecule has 0 radical (unpaired) electrons. The summed E-state index contributed by atoms with van der Waals surface area (Å²) in [4.78, 5) is 0. The van der Waals surface area contributed by atoms with E-state index < -0.39 is 14.6 Å². The molecule has 2 saturated carbocycles. The molecule has 4 aromatic rings. The second kappa shape index (κ2) is 16.4. The number of allylic oxidation sites excluding steroid dienone is 4. The summed E-state index contributed by atoms with van der Waals surface area (Å²) in [5, 5.41) is 3.72. The molecule has 0 heterocycles. The van der Waals surface area contributed by atoms with Gasteiger partial charge in [-0.3, -0.25) is 9.13 Å². The maximum absolute atomic E-state index is 15.7. The van der Waals surface area contributed by atoms with Gasteiger partial charge in [0.2, 0.25) is 14.6 Å². The van der Waals surface area contributed by atoms with Gasteiger partial charge in [-0.1, -0.05) is 136 Å². The molecule has 50 heavy (non-hydrogen) atoms. The van der Waals surface area contributed by atoms with Crippen molar-refractivity contribution in [3.63, 3.8) is 0 Å². The van der Waals surface area contributed by atoms with Crippen LogP contribution in [0.2, 0.25) is 0 Å². The zero-order valence-corrected chi connectivity index (χ0v) is 31.2. The minimum Gasteiger partial charge on any atom is -0.296 e. The predicted octanol–water partition coefficient (Wildman–Crippen LogP) is 10.7. The van der Waals surface area contributed by atoms with Crippen LogP contribution in [0.3, 0.4) is 0 Å². The predicted molar refractivity (Wildman–Crippen MR) is 211 cm³/mol. The molecule has 6 heteroatoms. The lowest BCUT2D eigenvalue weighted by molar-refractivity contribution is 0.248. The molecule has 0 aromatic heterocycles. The van der Waals surface area contributed by atoms with Gasteiger partial charge in [-0.05, 0) is 86.1 Å². The molecular formula is C44H52N2O2P2. The first-order valence-electron chi connectivity index (χ1n) is 18.9. The topological polar surface area (TPSA) is 40.6 Å². The Morgan fingerprint density at radius 2 is 0.880 bits per heavy atom. The molecule has 0 amide bonds. The molecule has 1 atom stereocenters. The fourth-order valence-corrected chi connectivity index (χ4v) is 14.7. The van der Waals surface area contributed by atoms with Gasteiger partial charge in [0, 0.05) is 46.4 Å². The van der Waals surface area contributed by atoms with Crippen molar-refractivity contribution in [1.82, 2.24) is 9.34 Å².